The van der Waals surface area contributed by atoms with Crippen molar-refractivity contribution in [3.63, 3.8) is 0 Å². The van der Waals surface area contributed by atoms with Crippen molar-refractivity contribution in [3.8, 4) is 0 Å². The van der Waals surface area contributed by atoms with E-state index in [-0.39, 0.29) is 0 Å². The molecule has 58 valence electrons. The molecule has 0 aromatic rings. The minimum absolute atomic E-state index is 0.396. The number of nitrogens with one attached hydrogen (secondary N) is 1. The van der Waals surface area contributed by atoms with Crippen LogP contribution in [-0.2, 0) is 4.74 Å². The van der Waals surface area contributed by atoms with Crippen LogP contribution in [0.3, 0.4) is 0 Å². The SMILES string of the molecule is Cl/C=C/COC1CCNC1. The van der Waals surface area contributed by atoms with Crippen LogP contribution >= 0.6 is 11.6 Å². The van der Waals surface area contributed by atoms with E-state index in [9.17, 15) is 0 Å². The minimum atomic E-state index is 0.396. The van der Waals surface area contributed by atoms with Gasteiger partial charge in [0.25, 0.3) is 0 Å². The van der Waals surface area contributed by atoms with E-state index in [0.717, 1.165) is 19.5 Å². The lowest BCUT2D eigenvalue weighted by Gasteiger charge is -2.06. The van der Waals surface area contributed by atoms with Gasteiger partial charge in [0.15, 0.2) is 0 Å². The summed E-state index contributed by atoms with van der Waals surface area (Å²) in [5.74, 6) is 0. The van der Waals surface area contributed by atoms with Crippen LogP contribution in [0.2, 0.25) is 0 Å². The second-order valence-electron chi connectivity index (χ2n) is 2.31. The number of halogens is 1. The Morgan fingerprint density at radius 2 is 2.60 bits per heavy atom. The van der Waals surface area contributed by atoms with E-state index in [1.165, 1.54) is 5.54 Å². The molecule has 1 fully saturated rings. The summed E-state index contributed by atoms with van der Waals surface area (Å²) in [5, 5.41) is 3.22. The van der Waals surface area contributed by atoms with Gasteiger partial charge in [-0.15, -0.1) is 0 Å². The lowest BCUT2D eigenvalue weighted by molar-refractivity contribution is 0.0895. The Balaban J connectivity index is 2.01. The molecular weight excluding hydrogens is 150 g/mol. The van der Waals surface area contributed by atoms with Gasteiger partial charge >= 0.3 is 0 Å². The quantitative estimate of drug-likeness (QED) is 0.670. The topological polar surface area (TPSA) is 21.3 Å². The second-order valence-corrected chi connectivity index (χ2v) is 2.56. The summed E-state index contributed by atoms with van der Waals surface area (Å²) in [5.41, 5.74) is 1.49. The van der Waals surface area contributed by atoms with Gasteiger partial charge in [-0.25, -0.2) is 0 Å². The molecule has 1 rings (SSSR count). The molecule has 1 aliphatic rings. The van der Waals surface area contributed by atoms with Crippen LogP contribution in [0.5, 0.6) is 0 Å². The maximum Gasteiger partial charge on any atom is 0.0715 e. The standard InChI is InChI=1S/C7H12ClNO/c8-3-1-5-10-7-2-4-9-6-7/h1,3,7,9H,2,4-6H2/b3-1+. The molecule has 0 bridgehead atoms. The Morgan fingerprint density at radius 3 is 3.20 bits per heavy atom. The first kappa shape index (κ1) is 8.05. The third-order valence-corrected chi connectivity index (χ3v) is 1.71. The van der Waals surface area contributed by atoms with Crippen molar-refractivity contribution in [1.82, 2.24) is 5.32 Å². The summed E-state index contributed by atoms with van der Waals surface area (Å²) in [4.78, 5) is 0. The molecule has 1 atom stereocenters. The average Bonchev–Trinajstić information content (AvgIpc) is 2.41. The van der Waals surface area contributed by atoms with Crippen molar-refractivity contribution in [3.05, 3.63) is 11.6 Å². The third-order valence-electron chi connectivity index (χ3n) is 1.53. The molecule has 0 radical (unpaired) electrons. The Morgan fingerprint density at radius 1 is 1.70 bits per heavy atom. The van der Waals surface area contributed by atoms with E-state index >= 15 is 0 Å². The van der Waals surface area contributed by atoms with Gasteiger partial charge in [0.05, 0.1) is 12.7 Å². The van der Waals surface area contributed by atoms with Gasteiger partial charge in [0.2, 0.25) is 0 Å². The van der Waals surface area contributed by atoms with Gasteiger partial charge in [0.1, 0.15) is 0 Å². The van der Waals surface area contributed by atoms with E-state index in [4.69, 9.17) is 16.3 Å². The van der Waals surface area contributed by atoms with Crippen LogP contribution < -0.4 is 5.32 Å². The van der Waals surface area contributed by atoms with Crippen molar-refractivity contribution in [2.24, 2.45) is 0 Å². The number of rotatable bonds is 3. The fraction of sp³-hybridized carbons (Fsp3) is 0.714. The van der Waals surface area contributed by atoms with Crippen LogP contribution in [0.15, 0.2) is 11.6 Å². The van der Waals surface area contributed by atoms with Crippen LogP contribution in [0, 0.1) is 0 Å². The molecule has 2 nitrogen and oxygen atoms in total. The predicted molar refractivity (Wildman–Crippen MR) is 42.2 cm³/mol. The smallest absolute Gasteiger partial charge is 0.0715 e. The van der Waals surface area contributed by atoms with Crippen molar-refractivity contribution in [2.45, 2.75) is 12.5 Å². The van der Waals surface area contributed by atoms with E-state index in [2.05, 4.69) is 5.32 Å². The summed E-state index contributed by atoms with van der Waals surface area (Å²) >= 11 is 5.31. The molecule has 1 heterocycles. The summed E-state index contributed by atoms with van der Waals surface area (Å²) in [6.45, 7) is 2.70. The molecule has 1 saturated heterocycles. The van der Waals surface area contributed by atoms with Crippen LogP contribution in [0.1, 0.15) is 6.42 Å². The summed E-state index contributed by atoms with van der Waals surface area (Å²) in [6.07, 6.45) is 3.32. The molecular formula is C7H12ClNO. The number of hydrogen-bond acceptors (Lipinski definition) is 2. The van der Waals surface area contributed by atoms with Crippen molar-refractivity contribution in [1.29, 1.82) is 0 Å². The monoisotopic (exact) mass is 161 g/mol. The second kappa shape index (κ2) is 4.72. The molecule has 0 amide bonds. The van der Waals surface area contributed by atoms with Gasteiger partial charge in [0, 0.05) is 12.1 Å². The molecule has 1 aliphatic heterocycles. The maximum absolute atomic E-state index is 5.41. The fourth-order valence-electron chi connectivity index (χ4n) is 0.998. The Labute approximate surface area is 66.2 Å². The van der Waals surface area contributed by atoms with Crippen LogP contribution in [0.4, 0.5) is 0 Å². The molecule has 0 aliphatic carbocycles. The van der Waals surface area contributed by atoms with Gasteiger partial charge < -0.3 is 10.1 Å². The first-order chi connectivity index (χ1) is 4.93. The van der Waals surface area contributed by atoms with Crippen molar-refractivity contribution in [2.75, 3.05) is 19.7 Å². The van der Waals surface area contributed by atoms with Gasteiger partial charge in [-0.2, -0.15) is 0 Å². The highest BCUT2D eigenvalue weighted by Gasteiger charge is 2.12. The van der Waals surface area contributed by atoms with E-state index in [1.807, 2.05) is 0 Å². The molecule has 1 unspecified atom stereocenters. The molecule has 0 aromatic heterocycles. The Hall–Kier alpha value is -0.0500. The third kappa shape index (κ3) is 2.69. The summed E-state index contributed by atoms with van der Waals surface area (Å²) < 4.78 is 5.41. The van der Waals surface area contributed by atoms with Crippen molar-refractivity contribution < 1.29 is 4.74 Å². The normalized spacial score (nSPS) is 26.3. The number of ether oxygens (including phenoxy) is 1. The Bertz CT molecular complexity index is 110. The molecule has 10 heavy (non-hydrogen) atoms. The zero-order valence-corrected chi connectivity index (χ0v) is 6.60. The van der Waals surface area contributed by atoms with Gasteiger partial charge in [-0.1, -0.05) is 11.6 Å². The summed E-state index contributed by atoms with van der Waals surface area (Å²) in [6, 6.07) is 0. The molecule has 0 saturated carbocycles. The zero-order chi connectivity index (χ0) is 7.23. The van der Waals surface area contributed by atoms with Gasteiger partial charge in [-0.05, 0) is 19.0 Å². The van der Waals surface area contributed by atoms with E-state index in [1.54, 1.807) is 6.08 Å². The number of hydrogen-bond donors (Lipinski definition) is 1. The van der Waals surface area contributed by atoms with Crippen LogP contribution in [0.25, 0.3) is 0 Å². The Kier molecular flexibility index (Phi) is 3.80. The molecule has 3 heteroatoms. The maximum atomic E-state index is 5.41. The largest absolute Gasteiger partial charge is 0.373 e. The fourth-order valence-corrected chi connectivity index (χ4v) is 1.07. The predicted octanol–water partition coefficient (Wildman–Crippen LogP) is 1.12. The highest BCUT2D eigenvalue weighted by Crippen LogP contribution is 2.02. The summed E-state index contributed by atoms with van der Waals surface area (Å²) in [7, 11) is 0. The first-order valence-corrected chi connectivity index (χ1v) is 3.94. The van der Waals surface area contributed by atoms with E-state index < -0.39 is 0 Å². The lowest BCUT2D eigenvalue weighted by atomic mass is 10.3. The molecule has 0 aromatic carbocycles. The zero-order valence-electron chi connectivity index (χ0n) is 5.85. The van der Waals surface area contributed by atoms with Crippen LogP contribution in [-0.4, -0.2) is 25.8 Å². The highest BCUT2D eigenvalue weighted by molar-refractivity contribution is 6.25. The lowest BCUT2D eigenvalue weighted by Crippen LogP contribution is -2.16. The highest BCUT2D eigenvalue weighted by atomic mass is 35.5. The molecule has 1 N–H and O–H groups in total. The van der Waals surface area contributed by atoms with Crippen molar-refractivity contribution >= 4 is 11.6 Å². The van der Waals surface area contributed by atoms with Gasteiger partial charge in [-0.3, -0.25) is 0 Å². The minimum Gasteiger partial charge on any atom is -0.373 e. The van der Waals surface area contributed by atoms with E-state index in [0.29, 0.717) is 12.7 Å². The first-order valence-electron chi connectivity index (χ1n) is 3.51. The average molecular weight is 162 g/mol. The molecule has 0 spiro atoms.